The Morgan fingerprint density at radius 2 is 2.19 bits per heavy atom. The van der Waals surface area contributed by atoms with Gasteiger partial charge in [-0.05, 0) is 19.1 Å². The van der Waals surface area contributed by atoms with Gasteiger partial charge in [0.05, 0.1) is 6.61 Å². The second-order valence-corrected chi connectivity index (χ2v) is 5.29. The van der Waals surface area contributed by atoms with Gasteiger partial charge >= 0.3 is 0 Å². The van der Waals surface area contributed by atoms with Crippen molar-refractivity contribution in [2.75, 3.05) is 31.1 Å². The van der Waals surface area contributed by atoms with Crippen molar-refractivity contribution in [3.63, 3.8) is 0 Å². The van der Waals surface area contributed by atoms with E-state index in [0.29, 0.717) is 12.6 Å². The molecular weight excluding hydrogens is 266 g/mol. The van der Waals surface area contributed by atoms with Gasteiger partial charge in [0.15, 0.2) is 0 Å². The smallest absolute Gasteiger partial charge is 0.244 e. The third kappa shape index (κ3) is 3.72. The van der Waals surface area contributed by atoms with Gasteiger partial charge < -0.3 is 15.0 Å². The van der Waals surface area contributed by atoms with E-state index >= 15 is 0 Å². The van der Waals surface area contributed by atoms with Crippen molar-refractivity contribution < 1.29 is 4.74 Å². The number of aromatic nitrogens is 3. The number of aromatic amines is 1. The zero-order valence-electron chi connectivity index (χ0n) is 12.2. The highest BCUT2D eigenvalue weighted by molar-refractivity contribution is 5.30. The molecule has 112 valence electrons. The molecule has 1 aliphatic rings. The van der Waals surface area contributed by atoms with E-state index in [1.807, 2.05) is 30.3 Å². The monoisotopic (exact) mass is 287 g/mol. The molecule has 0 bridgehead atoms. The molecule has 21 heavy (non-hydrogen) atoms. The van der Waals surface area contributed by atoms with Crippen LogP contribution in [0.5, 0.6) is 5.75 Å². The van der Waals surface area contributed by atoms with Crippen molar-refractivity contribution in [3.8, 4) is 5.75 Å². The first kappa shape index (κ1) is 13.9. The summed E-state index contributed by atoms with van der Waals surface area (Å²) >= 11 is 0. The molecule has 0 unspecified atom stereocenters. The van der Waals surface area contributed by atoms with Gasteiger partial charge in [0.1, 0.15) is 11.6 Å². The molecular formula is C15H21N5O. The van der Waals surface area contributed by atoms with E-state index < -0.39 is 0 Å². The molecule has 1 aliphatic heterocycles. The molecule has 0 aliphatic carbocycles. The third-order valence-electron chi connectivity index (χ3n) is 3.52. The Balaban J connectivity index is 1.51. The number of nitrogens with one attached hydrogen (secondary N) is 2. The normalized spacial score (nSPS) is 18.7. The van der Waals surface area contributed by atoms with Gasteiger partial charge in [-0.2, -0.15) is 4.98 Å². The topological polar surface area (TPSA) is 66.1 Å². The average Bonchev–Trinajstić information content (AvgIpc) is 2.97. The van der Waals surface area contributed by atoms with E-state index in [-0.39, 0.29) is 0 Å². The summed E-state index contributed by atoms with van der Waals surface area (Å²) < 4.78 is 5.67. The minimum absolute atomic E-state index is 0.474. The lowest BCUT2D eigenvalue weighted by atomic mass is 10.2. The molecule has 1 fully saturated rings. The predicted octanol–water partition coefficient (Wildman–Crippen LogP) is 1.22. The number of piperazine rings is 1. The van der Waals surface area contributed by atoms with Crippen LogP contribution in [-0.2, 0) is 6.42 Å². The summed E-state index contributed by atoms with van der Waals surface area (Å²) in [5, 5.41) is 10.7. The van der Waals surface area contributed by atoms with Crippen LogP contribution in [0.2, 0.25) is 0 Å². The molecule has 1 atom stereocenters. The van der Waals surface area contributed by atoms with Crippen LogP contribution in [0.25, 0.3) is 0 Å². The van der Waals surface area contributed by atoms with Gasteiger partial charge in [0, 0.05) is 32.1 Å². The molecule has 0 amide bonds. The molecule has 2 heterocycles. The van der Waals surface area contributed by atoms with Gasteiger partial charge in [0.2, 0.25) is 5.95 Å². The highest BCUT2D eigenvalue weighted by Crippen LogP contribution is 2.11. The second kappa shape index (κ2) is 6.58. The SMILES string of the molecule is C[C@H]1CN(c2n[nH]c(CCOc3ccccc3)n2)CCN1. The largest absolute Gasteiger partial charge is 0.493 e. The molecule has 6 nitrogen and oxygen atoms in total. The van der Waals surface area contributed by atoms with Crippen LogP contribution < -0.4 is 15.0 Å². The Labute approximate surface area is 124 Å². The highest BCUT2D eigenvalue weighted by atomic mass is 16.5. The Morgan fingerprint density at radius 1 is 1.33 bits per heavy atom. The van der Waals surface area contributed by atoms with Gasteiger partial charge in [0.25, 0.3) is 0 Å². The zero-order valence-corrected chi connectivity index (χ0v) is 12.2. The molecule has 2 N–H and O–H groups in total. The van der Waals surface area contributed by atoms with Crippen molar-refractivity contribution >= 4 is 5.95 Å². The van der Waals surface area contributed by atoms with Crippen molar-refractivity contribution in [1.82, 2.24) is 20.5 Å². The van der Waals surface area contributed by atoms with Crippen LogP contribution >= 0.6 is 0 Å². The van der Waals surface area contributed by atoms with Gasteiger partial charge in [-0.15, -0.1) is 5.10 Å². The van der Waals surface area contributed by atoms with Crippen LogP contribution in [0.1, 0.15) is 12.7 Å². The summed E-state index contributed by atoms with van der Waals surface area (Å²) in [7, 11) is 0. The third-order valence-corrected chi connectivity index (χ3v) is 3.52. The van der Waals surface area contributed by atoms with Crippen molar-refractivity contribution in [2.45, 2.75) is 19.4 Å². The first-order valence-electron chi connectivity index (χ1n) is 7.39. The van der Waals surface area contributed by atoms with Gasteiger partial charge in [-0.3, -0.25) is 5.10 Å². The maximum Gasteiger partial charge on any atom is 0.244 e. The quantitative estimate of drug-likeness (QED) is 0.865. The first-order valence-corrected chi connectivity index (χ1v) is 7.39. The fourth-order valence-electron chi connectivity index (χ4n) is 2.43. The lowest BCUT2D eigenvalue weighted by molar-refractivity contribution is 0.319. The Hall–Kier alpha value is -2.08. The molecule has 0 radical (unpaired) electrons. The minimum atomic E-state index is 0.474. The summed E-state index contributed by atoms with van der Waals surface area (Å²) in [6, 6.07) is 10.3. The summed E-state index contributed by atoms with van der Waals surface area (Å²) in [6.07, 6.45) is 0.726. The van der Waals surface area contributed by atoms with E-state index in [2.05, 4.69) is 32.3 Å². The number of H-pyrrole nitrogens is 1. The summed E-state index contributed by atoms with van der Waals surface area (Å²) in [6.45, 7) is 5.63. The van der Waals surface area contributed by atoms with Crippen molar-refractivity contribution in [2.24, 2.45) is 0 Å². The fourth-order valence-corrected chi connectivity index (χ4v) is 2.43. The molecule has 6 heteroatoms. The van der Waals surface area contributed by atoms with Gasteiger partial charge in [-0.25, -0.2) is 0 Å². The molecule has 3 rings (SSSR count). The number of rotatable bonds is 5. The number of benzene rings is 1. The van der Waals surface area contributed by atoms with E-state index in [4.69, 9.17) is 4.74 Å². The molecule has 1 saturated heterocycles. The van der Waals surface area contributed by atoms with Gasteiger partial charge in [-0.1, -0.05) is 18.2 Å². The summed E-state index contributed by atoms with van der Waals surface area (Å²) in [5.41, 5.74) is 0. The van der Waals surface area contributed by atoms with Crippen LogP contribution in [-0.4, -0.2) is 47.5 Å². The maximum atomic E-state index is 5.67. The number of para-hydroxylation sites is 1. The minimum Gasteiger partial charge on any atom is -0.493 e. The predicted molar refractivity (Wildman–Crippen MR) is 81.7 cm³/mol. The van der Waals surface area contributed by atoms with Crippen molar-refractivity contribution in [3.05, 3.63) is 36.2 Å². The molecule has 1 aromatic heterocycles. The van der Waals surface area contributed by atoms with Crippen LogP contribution in [0, 0.1) is 0 Å². The number of anilines is 1. The van der Waals surface area contributed by atoms with E-state index in [9.17, 15) is 0 Å². The van der Waals surface area contributed by atoms with Crippen molar-refractivity contribution in [1.29, 1.82) is 0 Å². The lowest BCUT2D eigenvalue weighted by Crippen LogP contribution is -2.49. The average molecular weight is 287 g/mol. The van der Waals surface area contributed by atoms with Crippen LogP contribution in [0.15, 0.2) is 30.3 Å². The maximum absolute atomic E-state index is 5.67. The lowest BCUT2D eigenvalue weighted by Gasteiger charge is -2.30. The van der Waals surface area contributed by atoms with E-state index in [0.717, 1.165) is 43.6 Å². The van der Waals surface area contributed by atoms with Crippen LogP contribution in [0.4, 0.5) is 5.95 Å². The Morgan fingerprint density at radius 3 is 3.00 bits per heavy atom. The number of hydrogen-bond acceptors (Lipinski definition) is 5. The molecule has 0 saturated carbocycles. The fraction of sp³-hybridized carbons (Fsp3) is 0.467. The summed E-state index contributed by atoms with van der Waals surface area (Å²) in [4.78, 5) is 6.76. The Kier molecular flexibility index (Phi) is 4.35. The molecule has 2 aromatic rings. The first-order chi connectivity index (χ1) is 10.3. The zero-order chi connectivity index (χ0) is 14.5. The number of hydrogen-bond donors (Lipinski definition) is 2. The number of ether oxygens (including phenoxy) is 1. The van der Waals surface area contributed by atoms with E-state index in [1.165, 1.54) is 0 Å². The van der Waals surface area contributed by atoms with E-state index in [1.54, 1.807) is 0 Å². The van der Waals surface area contributed by atoms with Crippen LogP contribution in [0.3, 0.4) is 0 Å². The molecule has 0 spiro atoms. The Bertz CT molecular complexity index is 556. The molecule has 1 aromatic carbocycles. The number of nitrogens with zero attached hydrogens (tertiary/aromatic N) is 3. The summed E-state index contributed by atoms with van der Waals surface area (Å²) in [5.74, 6) is 2.54. The standard InChI is InChI=1S/C15H21N5O/c1-12-11-20(9-8-16-12)15-17-14(18-19-15)7-10-21-13-5-3-2-4-6-13/h2-6,12,16H,7-11H2,1H3,(H,17,18,19)/t12-/m0/s1. The second-order valence-electron chi connectivity index (χ2n) is 5.29. The highest BCUT2D eigenvalue weighted by Gasteiger charge is 2.19.